The molecule has 2 heterocycles. The molecule has 160 valence electrons. The van der Waals surface area contributed by atoms with Gasteiger partial charge in [-0.25, -0.2) is 9.89 Å². The summed E-state index contributed by atoms with van der Waals surface area (Å²) in [7, 11) is 0. The van der Waals surface area contributed by atoms with E-state index in [4.69, 9.17) is 4.74 Å². The van der Waals surface area contributed by atoms with E-state index in [9.17, 15) is 9.59 Å². The molecule has 4 aliphatic carbocycles. The van der Waals surface area contributed by atoms with Gasteiger partial charge in [0.25, 0.3) is 0 Å². The Morgan fingerprint density at radius 3 is 2.62 bits per heavy atom. The predicted octanol–water partition coefficient (Wildman–Crippen LogP) is 2.56. The van der Waals surface area contributed by atoms with E-state index in [-0.39, 0.29) is 29.5 Å². The number of hydrogen-bond acceptors (Lipinski definition) is 5. The average molecular weight is 421 g/mol. The summed E-state index contributed by atoms with van der Waals surface area (Å²) in [6.07, 6.45) is 10.2. The number of aromatic amines is 1. The second-order valence-corrected chi connectivity index (χ2v) is 10.9. The lowest BCUT2D eigenvalue weighted by Crippen LogP contribution is -2.56. The molecule has 1 saturated heterocycles. The maximum Gasteiger partial charge on any atom is 0.344 e. The first-order valence-electron chi connectivity index (χ1n) is 11.2. The Balaban J connectivity index is 1.17. The van der Waals surface area contributed by atoms with Crippen LogP contribution in [-0.4, -0.2) is 45.2 Å². The number of nitrogens with one attached hydrogen (secondary N) is 2. The smallest absolute Gasteiger partial charge is 0.344 e. The Labute approximate surface area is 175 Å². The number of hydrogen-bond donors (Lipinski definition) is 2. The van der Waals surface area contributed by atoms with Gasteiger partial charge in [-0.3, -0.25) is 9.36 Å². The molecule has 5 aliphatic rings. The van der Waals surface area contributed by atoms with E-state index < -0.39 is 0 Å². The van der Waals surface area contributed by atoms with Gasteiger partial charge < -0.3 is 10.1 Å². The highest BCUT2D eigenvalue weighted by atomic mass is 32.2. The Bertz CT molecular complexity index is 778. The average Bonchev–Trinajstić information content (AvgIpc) is 3.30. The number of carbonyl (C=O) groups is 1. The maximum atomic E-state index is 12.7. The highest BCUT2D eigenvalue weighted by Crippen LogP contribution is 2.61. The fraction of sp³-hybridized carbons (Fsp3) is 0.857. The zero-order valence-electron chi connectivity index (χ0n) is 17.2. The summed E-state index contributed by atoms with van der Waals surface area (Å²) in [6, 6.07) is 0.220. The molecule has 1 aromatic heterocycles. The topological polar surface area (TPSA) is 89.0 Å². The summed E-state index contributed by atoms with van der Waals surface area (Å²) in [5, 5.41) is 10.5. The van der Waals surface area contributed by atoms with Gasteiger partial charge in [-0.2, -0.15) is 0 Å². The lowest BCUT2D eigenvalue weighted by Gasteiger charge is -2.59. The van der Waals surface area contributed by atoms with Crippen LogP contribution in [0.15, 0.2) is 9.95 Å². The van der Waals surface area contributed by atoms with Crippen molar-refractivity contribution in [1.29, 1.82) is 0 Å². The lowest BCUT2D eigenvalue weighted by molar-refractivity contribution is -0.123. The van der Waals surface area contributed by atoms with Crippen molar-refractivity contribution < 1.29 is 9.53 Å². The van der Waals surface area contributed by atoms with Gasteiger partial charge >= 0.3 is 5.69 Å². The molecule has 7 nitrogen and oxygen atoms in total. The van der Waals surface area contributed by atoms with Crippen LogP contribution < -0.4 is 11.0 Å². The molecule has 6 rings (SSSR count). The summed E-state index contributed by atoms with van der Waals surface area (Å²) in [5.74, 6) is 2.97. The minimum atomic E-state index is -0.231. The molecule has 4 saturated carbocycles. The van der Waals surface area contributed by atoms with Crippen molar-refractivity contribution in [1.82, 2.24) is 20.1 Å². The first-order valence-corrected chi connectivity index (χ1v) is 12.2. The van der Waals surface area contributed by atoms with Crippen LogP contribution >= 0.6 is 11.8 Å². The minimum absolute atomic E-state index is 0.0392. The van der Waals surface area contributed by atoms with Crippen molar-refractivity contribution in [2.75, 3.05) is 12.4 Å². The molecule has 0 aromatic carbocycles. The summed E-state index contributed by atoms with van der Waals surface area (Å²) < 4.78 is 7.25. The molecule has 1 aliphatic heterocycles. The molecule has 29 heavy (non-hydrogen) atoms. The van der Waals surface area contributed by atoms with Gasteiger partial charge in [-0.15, -0.1) is 5.10 Å². The van der Waals surface area contributed by atoms with Crippen molar-refractivity contribution in [2.45, 2.75) is 82.1 Å². The van der Waals surface area contributed by atoms with E-state index >= 15 is 0 Å². The molecular formula is C21H32N4O3S. The van der Waals surface area contributed by atoms with Gasteiger partial charge in [0.1, 0.15) is 0 Å². The second-order valence-electron chi connectivity index (χ2n) is 9.91. The van der Waals surface area contributed by atoms with Gasteiger partial charge in [0, 0.05) is 12.6 Å². The van der Waals surface area contributed by atoms with Crippen LogP contribution in [0.5, 0.6) is 0 Å². The second kappa shape index (κ2) is 7.76. The van der Waals surface area contributed by atoms with Gasteiger partial charge in [0.2, 0.25) is 5.91 Å². The largest absolute Gasteiger partial charge is 0.376 e. The van der Waals surface area contributed by atoms with Crippen LogP contribution in [0.25, 0.3) is 0 Å². The normalized spacial score (nSPS) is 36.4. The number of ether oxygens (including phenoxy) is 1. The predicted molar refractivity (Wildman–Crippen MR) is 111 cm³/mol. The van der Waals surface area contributed by atoms with E-state index in [1.54, 1.807) is 4.57 Å². The molecule has 4 bridgehead atoms. The number of H-pyrrole nitrogens is 1. The highest BCUT2D eigenvalue weighted by molar-refractivity contribution is 7.99. The molecule has 1 aromatic rings. The Morgan fingerprint density at radius 1 is 1.31 bits per heavy atom. The quantitative estimate of drug-likeness (QED) is 0.662. The van der Waals surface area contributed by atoms with Crippen molar-refractivity contribution in [3.05, 3.63) is 10.5 Å². The molecule has 1 amide bonds. The zero-order chi connectivity index (χ0) is 20.0. The standard InChI is InChI=1S/C21H32N4O3S/c1-13(21-8-14-5-15(9-21)7-16(6-14)10-21)22-18(26)12-29-20-24-23-19(27)25(20)11-17-3-2-4-28-17/h13-17H,2-12H2,1H3,(H,22,26)(H,23,27)/t13-,14?,15?,16?,17-,21?/m0/s1. The van der Waals surface area contributed by atoms with E-state index in [1.165, 1.54) is 50.3 Å². The molecule has 0 radical (unpaired) electrons. The first-order chi connectivity index (χ1) is 14.0. The fourth-order valence-electron chi connectivity index (χ4n) is 6.84. The summed E-state index contributed by atoms with van der Waals surface area (Å²) in [5.41, 5.74) is 0.0777. The van der Waals surface area contributed by atoms with Crippen molar-refractivity contribution >= 4 is 17.7 Å². The SMILES string of the molecule is C[C@H](NC(=O)CSc1n[nH]c(=O)n1C[C@@H]1CCCO1)C12CC3CC(CC(C3)C1)C2. The van der Waals surface area contributed by atoms with E-state index in [0.717, 1.165) is 37.2 Å². The van der Waals surface area contributed by atoms with Crippen LogP contribution in [0.2, 0.25) is 0 Å². The number of aromatic nitrogens is 3. The van der Waals surface area contributed by atoms with Crippen molar-refractivity contribution in [3.8, 4) is 0 Å². The maximum absolute atomic E-state index is 12.7. The molecule has 2 atom stereocenters. The first kappa shape index (κ1) is 19.7. The zero-order valence-corrected chi connectivity index (χ0v) is 18.0. The van der Waals surface area contributed by atoms with Crippen LogP contribution in [0.1, 0.15) is 58.3 Å². The summed E-state index contributed by atoms with van der Waals surface area (Å²) in [6.45, 7) is 3.46. The van der Waals surface area contributed by atoms with Crippen LogP contribution in [-0.2, 0) is 16.1 Å². The number of thioether (sulfide) groups is 1. The summed E-state index contributed by atoms with van der Waals surface area (Å²) in [4.78, 5) is 24.8. The third-order valence-corrected chi connectivity index (χ3v) is 8.82. The molecule has 5 fully saturated rings. The molecular weight excluding hydrogens is 388 g/mol. The van der Waals surface area contributed by atoms with E-state index in [0.29, 0.717) is 17.1 Å². The Morgan fingerprint density at radius 2 is 2.00 bits per heavy atom. The number of amides is 1. The van der Waals surface area contributed by atoms with Crippen LogP contribution in [0.3, 0.4) is 0 Å². The third kappa shape index (κ3) is 3.90. The monoisotopic (exact) mass is 420 g/mol. The van der Waals surface area contributed by atoms with Gasteiger partial charge in [-0.05, 0) is 81.5 Å². The Hall–Kier alpha value is -1.28. The lowest BCUT2D eigenvalue weighted by atomic mass is 9.48. The molecule has 2 N–H and O–H groups in total. The van der Waals surface area contributed by atoms with E-state index in [1.807, 2.05) is 0 Å². The fourth-order valence-corrected chi connectivity index (χ4v) is 7.61. The number of carbonyl (C=O) groups excluding carboxylic acids is 1. The van der Waals surface area contributed by atoms with Gasteiger partial charge in [0.15, 0.2) is 5.16 Å². The molecule has 8 heteroatoms. The Kier molecular flexibility index (Phi) is 5.26. The van der Waals surface area contributed by atoms with Gasteiger partial charge in [-0.1, -0.05) is 11.8 Å². The summed E-state index contributed by atoms with van der Waals surface area (Å²) >= 11 is 1.33. The third-order valence-electron chi connectivity index (χ3n) is 7.85. The van der Waals surface area contributed by atoms with Gasteiger partial charge in [0.05, 0.1) is 18.4 Å². The van der Waals surface area contributed by atoms with E-state index in [2.05, 4.69) is 22.4 Å². The number of rotatable bonds is 7. The molecule has 0 unspecified atom stereocenters. The van der Waals surface area contributed by atoms with Crippen LogP contribution in [0, 0.1) is 23.2 Å². The minimum Gasteiger partial charge on any atom is -0.376 e. The number of nitrogens with zero attached hydrogens (tertiary/aromatic N) is 2. The van der Waals surface area contributed by atoms with Crippen molar-refractivity contribution in [2.24, 2.45) is 23.2 Å². The van der Waals surface area contributed by atoms with Crippen LogP contribution in [0.4, 0.5) is 0 Å². The highest BCUT2D eigenvalue weighted by Gasteiger charge is 2.53. The van der Waals surface area contributed by atoms with Crippen molar-refractivity contribution in [3.63, 3.8) is 0 Å². The molecule has 0 spiro atoms.